The van der Waals surface area contributed by atoms with Crippen LogP contribution in [0.2, 0.25) is 0 Å². The van der Waals surface area contributed by atoms with Crippen LogP contribution < -0.4 is 0 Å². The topological polar surface area (TPSA) is 34.1 Å². The summed E-state index contributed by atoms with van der Waals surface area (Å²) in [5, 5.41) is -0.484. The molecule has 0 bridgehead atoms. The van der Waals surface area contributed by atoms with E-state index >= 15 is 0 Å². The first-order valence-electron chi connectivity index (χ1n) is 4.44. The lowest BCUT2D eigenvalue weighted by atomic mass is 10.2. The molecule has 0 fully saturated rings. The van der Waals surface area contributed by atoms with E-state index in [1.54, 1.807) is 6.92 Å². The van der Waals surface area contributed by atoms with Gasteiger partial charge in [-0.25, -0.2) is 8.42 Å². The Morgan fingerprint density at radius 1 is 1.36 bits per heavy atom. The van der Waals surface area contributed by atoms with Crippen LogP contribution in [0.15, 0.2) is 43.0 Å². The number of hydrogen-bond donors (Lipinski definition) is 0. The van der Waals surface area contributed by atoms with Crippen LogP contribution in [-0.2, 0) is 15.6 Å². The average molecular weight is 210 g/mol. The molecule has 0 amide bonds. The Bertz CT molecular complexity index is 393. The molecule has 1 aromatic carbocycles. The molecule has 2 nitrogen and oxygen atoms in total. The fourth-order valence-corrected chi connectivity index (χ4v) is 2.30. The van der Waals surface area contributed by atoms with Gasteiger partial charge < -0.3 is 0 Å². The molecule has 0 saturated carbocycles. The zero-order valence-corrected chi connectivity index (χ0v) is 9.00. The lowest BCUT2D eigenvalue weighted by molar-refractivity contribution is 0.590. The predicted molar refractivity (Wildman–Crippen MR) is 58.7 cm³/mol. The second-order valence-electron chi connectivity index (χ2n) is 3.23. The summed E-state index contributed by atoms with van der Waals surface area (Å²) >= 11 is 0. The molecule has 0 radical (unpaired) electrons. The summed E-state index contributed by atoms with van der Waals surface area (Å²) in [7, 11) is -3.08. The van der Waals surface area contributed by atoms with Gasteiger partial charge in [0.15, 0.2) is 9.84 Å². The van der Waals surface area contributed by atoms with Gasteiger partial charge in [-0.1, -0.05) is 36.4 Å². The molecule has 0 aliphatic carbocycles. The second kappa shape index (κ2) is 4.42. The average Bonchev–Trinajstić information content (AvgIpc) is 2.17. The van der Waals surface area contributed by atoms with E-state index in [0.29, 0.717) is 0 Å². The summed E-state index contributed by atoms with van der Waals surface area (Å²) in [6.45, 7) is 5.13. The third-order valence-electron chi connectivity index (χ3n) is 2.11. The Hall–Kier alpha value is -1.09. The molecule has 0 aliphatic heterocycles. The third kappa shape index (κ3) is 2.70. The van der Waals surface area contributed by atoms with Crippen molar-refractivity contribution < 1.29 is 8.42 Å². The van der Waals surface area contributed by atoms with Gasteiger partial charge in [0.1, 0.15) is 0 Å². The van der Waals surface area contributed by atoms with Crippen LogP contribution in [0.25, 0.3) is 0 Å². The molecule has 0 aliphatic rings. The Kier molecular flexibility index (Phi) is 3.47. The van der Waals surface area contributed by atoms with Crippen LogP contribution >= 0.6 is 0 Å². The van der Waals surface area contributed by atoms with Gasteiger partial charge in [0.2, 0.25) is 0 Å². The number of hydrogen-bond acceptors (Lipinski definition) is 2. The largest absolute Gasteiger partial charge is 0.228 e. The Labute approximate surface area is 85.2 Å². The van der Waals surface area contributed by atoms with Crippen LogP contribution in [0.5, 0.6) is 0 Å². The summed E-state index contributed by atoms with van der Waals surface area (Å²) < 4.78 is 23.3. The van der Waals surface area contributed by atoms with Crippen LogP contribution in [0.3, 0.4) is 0 Å². The highest BCUT2D eigenvalue weighted by atomic mass is 32.2. The van der Waals surface area contributed by atoms with Crippen molar-refractivity contribution >= 4 is 9.84 Å². The number of sulfone groups is 1. The molecule has 76 valence electrons. The number of benzene rings is 1. The summed E-state index contributed by atoms with van der Waals surface area (Å²) in [4.78, 5) is 0. The molecule has 1 rings (SSSR count). The lowest BCUT2D eigenvalue weighted by Gasteiger charge is -2.07. The molecular weight excluding hydrogens is 196 g/mol. The van der Waals surface area contributed by atoms with E-state index < -0.39 is 15.1 Å². The van der Waals surface area contributed by atoms with Gasteiger partial charge in [-0.05, 0) is 12.5 Å². The van der Waals surface area contributed by atoms with E-state index in [4.69, 9.17) is 0 Å². The molecule has 3 heteroatoms. The highest BCUT2D eigenvalue weighted by Gasteiger charge is 2.17. The summed E-state index contributed by atoms with van der Waals surface area (Å²) in [6.07, 6.45) is 1.46. The van der Waals surface area contributed by atoms with Gasteiger partial charge in [-0.3, -0.25) is 0 Å². The molecular formula is C11H14O2S. The van der Waals surface area contributed by atoms with Gasteiger partial charge in [-0.15, -0.1) is 6.58 Å². The van der Waals surface area contributed by atoms with E-state index in [0.717, 1.165) is 5.56 Å². The van der Waals surface area contributed by atoms with Crippen LogP contribution in [0, 0.1) is 0 Å². The molecule has 0 aromatic heterocycles. The quantitative estimate of drug-likeness (QED) is 0.714. The van der Waals surface area contributed by atoms with Crippen molar-refractivity contribution in [2.24, 2.45) is 0 Å². The van der Waals surface area contributed by atoms with Crippen molar-refractivity contribution in [2.45, 2.75) is 17.9 Å². The molecule has 0 heterocycles. The first-order chi connectivity index (χ1) is 6.56. The number of rotatable bonds is 4. The normalized spacial score (nSPS) is 13.5. The zero-order chi connectivity index (χ0) is 10.6. The minimum Gasteiger partial charge on any atom is -0.228 e. The SMILES string of the molecule is C=CC(C)S(=O)(=O)Cc1ccccc1. The van der Waals surface area contributed by atoms with Crippen LogP contribution in [0.1, 0.15) is 12.5 Å². The summed E-state index contributed by atoms with van der Waals surface area (Å²) in [5.41, 5.74) is 0.821. The molecule has 0 spiro atoms. The second-order valence-corrected chi connectivity index (χ2v) is 5.59. The van der Waals surface area contributed by atoms with E-state index in [9.17, 15) is 8.42 Å². The van der Waals surface area contributed by atoms with Crippen LogP contribution in [0.4, 0.5) is 0 Å². The van der Waals surface area contributed by atoms with Crippen molar-refractivity contribution in [1.82, 2.24) is 0 Å². The summed E-state index contributed by atoms with van der Waals surface area (Å²) in [5.74, 6) is 0.0844. The minimum absolute atomic E-state index is 0.0844. The first-order valence-corrected chi connectivity index (χ1v) is 6.16. The van der Waals surface area contributed by atoms with Crippen molar-refractivity contribution in [3.63, 3.8) is 0 Å². The van der Waals surface area contributed by atoms with E-state index in [1.165, 1.54) is 6.08 Å². The van der Waals surface area contributed by atoms with Gasteiger partial charge >= 0.3 is 0 Å². The van der Waals surface area contributed by atoms with Gasteiger partial charge in [0.05, 0.1) is 11.0 Å². The molecule has 1 atom stereocenters. The van der Waals surface area contributed by atoms with E-state index in [1.807, 2.05) is 30.3 Å². The van der Waals surface area contributed by atoms with Crippen molar-refractivity contribution in [2.75, 3.05) is 0 Å². The Morgan fingerprint density at radius 2 is 1.93 bits per heavy atom. The highest BCUT2D eigenvalue weighted by Crippen LogP contribution is 2.11. The Balaban J connectivity index is 2.84. The highest BCUT2D eigenvalue weighted by molar-refractivity contribution is 7.91. The van der Waals surface area contributed by atoms with Gasteiger partial charge in [0, 0.05) is 0 Å². The fraction of sp³-hybridized carbons (Fsp3) is 0.273. The maximum absolute atomic E-state index is 11.7. The molecule has 0 saturated heterocycles. The zero-order valence-electron chi connectivity index (χ0n) is 8.18. The van der Waals surface area contributed by atoms with Crippen molar-refractivity contribution in [3.8, 4) is 0 Å². The van der Waals surface area contributed by atoms with Crippen molar-refractivity contribution in [3.05, 3.63) is 48.6 Å². The van der Waals surface area contributed by atoms with Crippen LogP contribution in [-0.4, -0.2) is 13.7 Å². The fourth-order valence-electron chi connectivity index (χ4n) is 1.08. The maximum atomic E-state index is 11.7. The predicted octanol–water partition coefficient (Wildman–Crippen LogP) is 2.18. The smallest absolute Gasteiger partial charge is 0.160 e. The molecule has 14 heavy (non-hydrogen) atoms. The van der Waals surface area contributed by atoms with Gasteiger partial charge in [0.25, 0.3) is 0 Å². The Morgan fingerprint density at radius 3 is 2.43 bits per heavy atom. The van der Waals surface area contributed by atoms with Crippen molar-refractivity contribution in [1.29, 1.82) is 0 Å². The first kappa shape index (κ1) is 11.0. The van der Waals surface area contributed by atoms with Gasteiger partial charge in [-0.2, -0.15) is 0 Å². The standard InChI is InChI=1S/C11H14O2S/c1-3-10(2)14(12,13)9-11-7-5-4-6-8-11/h3-8,10H,1,9H2,2H3. The molecule has 0 N–H and O–H groups in total. The van der Waals surface area contributed by atoms with E-state index in [2.05, 4.69) is 6.58 Å². The summed E-state index contributed by atoms with van der Waals surface area (Å²) in [6, 6.07) is 9.17. The monoisotopic (exact) mass is 210 g/mol. The maximum Gasteiger partial charge on any atom is 0.160 e. The van der Waals surface area contributed by atoms with E-state index in [-0.39, 0.29) is 5.75 Å². The lowest BCUT2D eigenvalue weighted by Crippen LogP contribution is -2.16. The molecule has 1 aromatic rings. The minimum atomic E-state index is -3.08. The third-order valence-corrected chi connectivity index (χ3v) is 4.17. The molecule has 1 unspecified atom stereocenters.